The zero-order valence-corrected chi connectivity index (χ0v) is 16.9. The Morgan fingerprint density at radius 1 is 0.844 bits per heavy atom. The van der Waals surface area contributed by atoms with Crippen LogP contribution in [0.15, 0.2) is 79.0 Å². The van der Waals surface area contributed by atoms with Crippen molar-refractivity contribution in [1.82, 2.24) is 15.6 Å². The lowest BCUT2D eigenvalue weighted by Crippen LogP contribution is -2.36. The third-order valence-electron chi connectivity index (χ3n) is 4.97. The van der Waals surface area contributed by atoms with Crippen LogP contribution in [0.2, 0.25) is 0 Å². The fourth-order valence-electron chi connectivity index (χ4n) is 3.23. The molecular formula is C25H19F2N3O2. The average molecular weight is 431 g/mol. The number of benzene rings is 3. The zero-order valence-electron chi connectivity index (χ0n) is 16.9. The van der Waals surface area contributed by atoms with Crippen molar-refractivity contribution >= 4 is 22.7 Å². The molecule has 3 aromatic carbocycles. The summed E-state index contributed by atoms with van der Waals surface area (Å²) in [6.07, 6.45) is 1.78. The van der Waals surface area contributed by atoms with Crippen LogP contribution in [-0.2, 0) is 11.3 Å². The van der Waals surface area contributed by atoms with Crippen molar-refractivity contribution in [2.45, 2.75) is 6.54 Å². The topological polar surface area (TPSA) is 71.1 Å². The van der Waals surface area contributed by atoms with Gasteiger partial charge in [0.05, 0.1) is 12.1 Å². The van der Waals surface area contributed by atoms with Gasteiger partial charge in [0.15, 0.2) is 0 Å². The van der Waals surface area contributed by atoms with E-state index in [1.165, 1.54) is 6.07 Å². The van der Waals surface area contributed by atoms with Crippen LogP contribution in [0.4, 0.5) is 8.78 Å². The van der Waals surface area contributed by atoms with E-state index in [1.807, 2.05) is 42.5 Å². The highest BCUT2D eigenvalue weighted by Gasteiger charge is 2.10. The molecule has 4 aromatic rings. The summed E-state index contributed by atoms with van der Waals surface area (Å²) in [6.45, 7) is -0.368. The molecule has 0 fully saturated rings. The summed E-state index contributed by atoms with van der Waals surface area (Å²) < 4.78 is 26.5. The second-order valence-corrected chi connectivity index (χ2v) is 7.19. The molecule has 32 heavy (non-hydrogen) atoms. The number of amides is 2. The first-order valence-corrected chi connectivity index (χ1v) is 9.94. The highest BCUT2D eigenvalue weighted by atomic mass is 19.1. The van der Waals surface area contributed by atoms with Gasteiger partial charge in [-0.1, -0.05) is 36.4 Å². The minimum absolute atomic E-state index is 0.102. The largest absolute Gasteiger partial charge is 0.350 e. The van der Waals surface area contributed by atoms with E-state index in [0.717, 1.165) is 34.2 Å². The molecule has 2 N–H and O–H groups in total. The van der Waals surface area contributed by atoms with E-state index in [9.17, 15) is 18.4 Å². The third kappa shape index (κ3) is 4.95. The van der Waals surface area contributed by atoms with Crippen molar-refractivity contribution in [3.05, 3.63) is 102 Å². The molecule has 0 aliphatic carbocycles. The molecule has 0 aliphatic heterocycles. The maximum absolute atomic E-state index is 13.6. The van der Waals surface area contributed by atoms with E-state index < -0.39 is 23.4 Å². The maximum atomic E-state index is 13.6. The fourth-order valence-corrected chi connectivity index (χ4v) is 3.23. The molecule has 4 rings (SSSR count). The quantitative estimate of drug-likeness (QED) is 0.480. The van der Waals surface area contributed by atoms with Crippen LogP contribution >= 0.6 is 0 Å². The maximum Gasteiger partial charge on any atom is 0.251 e. The molecular weight excluding hydrogens is 412 g/mol. The number of hydrogen-bond donors (Lipinski definition) is 2. The number of rotatable bonds is 6. The lowest BCUT2D eigenvalue weighted by Gasteiger charge is -2.09. The zero-order chi connectivity index (χ0) is 22.5. The van der Waals surface area contributed by atoms with Gasteiger partial charge in [0.1, 0.15) is 11.6 Å². The van der Waals surface area contributed by atoms with Gasteiger partial charge in [0, 0.05) is 40.9 Å². The van der Waals surface area contributed by atoms with Crippen molar-refractivity contribution in [1.29, 1.82) is 0 Å². The monoisotopic (exact) mass is 431 g/mol. The summed E-state index contributed by atoms with van der Waals surface area (Å²) in [6, 6.07) is 20.0. The lowest BCUT2D eigenvalue weighted by atomic mass is 10.0. The lowest BCUT2D eigenvalue weighted by molar-refractivity contribution is -0.120. The van der Waals surface area contributed by atoms with Crippen molar-refractivity contribution in [2.75, 3.05) is 6.54 Å². The van der Waals surface area contributed by atoms with Gasteiger partial charge in [-0.3, -0.25) is 14.6 Å². The number of carbonyl (C=O) groups excluding carboxylic acids is 2. The predicted octanol–water partition coefficient (Wildman–Crippen LogP) is 4.23. The Kier molecular flexibility index (Phi) is 6.17. The molecule has 0 unspecified atom stereocenters. The standard InChI is InChI=1S/C25H19F2N3O2/c26-21-10-9-19(22(27)12-21)13-29-24(31)15-30-25(32)17-7-5-16(6-8-17)20-11-18-3-1-2-4-23(18)28-14-20/h1-12,14H,13,15H2,(H,29,31)(H,30,32). The first kappa shape index (κ1) is 21.1. The van der Waals surface area contributed by atoms with Gasteiger partial charge in [0.2, 0.25) is 5.91 Å². The summed E-state index contributed by atoms with van der Waals surface area (Å²) >= 11 is 0. The first-order chi connectivity index (χ1) is 15.5. The molecule has 1 aromatic heterocycles. The highest BCUT2D eigenvalue weighted by Crippen LogP contribution is 2.23. The summed E-state index contributed by atoms with van der Waals surface area (Å²) in [5, 5.41) is 6.04. The Hall–Kier alpha value is -4.13. The Balaban J connectivity index is 1.32. The molecule has 0 spiro atoms. The normalized spacial score (nSPS) is 10.7. The van der Waals surface area contributed by atoms with Crippen LogP contribution < -0.4 is 10.6 Å². The number of nitrogens with zero attached hydrogens (tertiary/aromatic N) is 1. The van der Waals surface area contributed by atoms with Crippen LogP contribution in [0.5, 0.6) is 0 Å². The highest BCUT2D eigenvalue weighted by molar-refractivity contribution is 5.97. The third-order valence-corrected chi connectivity index (χ3v) is 4.97. The molecule has 2 amide bonds. The predicted molar refractivity (Wildman–Crippen MR) is 118 cm³/mol. The van der Waals surface area contributed by atoms with Crippen LogP contribution in [0, 0.1) is 11.6 Å². The molecule has 0 saturated heterocycles. The molecule has 0 bridgehead atoms. The molecule has 0 radical (unpaired) electrons. The van der Waals surface area contributed by atoms with Crippen LogP contribution in [0.25, 0.3) is 22.0 Å². The van der Waals surface area contributed by atoms with E-state index in [4.69, 9.17) is 0 Å². The van der Waals surface area contributed by atoms with Crippen molar-refractivity contribution in [2.24, 2.45) is 0 Å². The number of fused-ring (bicyclic) bond motifs is 1. The number of aromatic nitrogens is 1. The number of pyridine rings is 1. The molecule has 0 saturated carbocycles. The Morgan fingerprint density at radius 3 is 2.41 bits per heavy atom. The molecule has 7 heteroatoms. The molecule has 5 nitrogen and oxygen atoms in total. The summed E-state index contributed by atoms with van der Waals surface area (Å²) in [5.74, 6) is -2.32. The van der Waals surface area contributed by atoms with Crippen molar-refractivity contribution in [3.63, 3.8) is 0 Å². The van der Waals surface area contributed by atoms with E-state index in [0.29, 0.717) is 5.56 Å². The average Bonchev–Trinajstić information content (AvgIpc) is 2.81. The van der Waals surface area contributed by atoms with Gasteiger partial charge in [-0.15, -0.1) is 0 Å². The summed E-state index contributed by atoms with van der Waals surface area (Å²) in [4.78, 5) is 28.7. The van der Waals surface area contributed by atoms with Crippen molar-refractivity contribution in [3.8, 4) is 11.1 Å². The first-order valence-electron chi connectivity index (χ1n) is 9.94. The second-order valence-electron chi connectivity index (χ2n) is 7.19. The molecule has 1 heterocycles. The van der Waals surface area contributed by atoms with Gasteiger partial charge in [-0.25, -0.2) is 8.78 Å². The van der Waals surface area contributed by atoms with Gasteiger partial charge in [-0.2, -0.15) is 0 Å². The Labute approximate surface area is 183 Å². The minimum atomic E-state index is -0.740. The number of halogens is 2. The van der Waals surface area contributed by atoms with Crippen LogP contribution in [-0.4, -0.2) is 23.3 Å². The molecule has 160 valence electrons. The van der Waals surface area contributed by atoms with Gasteiger partial charge in [-0.05, 0) is 35.9 Å². The fraction of sp³-hybridized carbons (Fsp3) is 0.0800. The van der Waals surface area contributed by atoms with E-state index in [2.05, 4.69) is 15.6 Å². The number of para-hydroxylation sites is 1. The van der Waals surface area contributed by atoms with E-state index in [-0.39, 0.29) is 18.7 Å². The summed E-state index contributed by atoms with van der Waals surface area (Å²) in [5.41, 5.74) is 3.32. The minimum Gasteiger partial charge on any atom is -0.350 e. The molecule has 0 aliphatic rings. The number of carbonyl (C=O) groups is 2. The smallest absolute Gasteiger partial charge is 0.251 e. The van der Waals surface area contributed by atoms with Gasteiger partial charge in [0.25, 0.3) is 5.91 Å². The number of nitrogens with one attached hydrogen (secondary N) is 2. The van der Waals surface area contributed by atoms with Crippen LogP contribution in [0.3, 0.4) is 0 Å². The summed E-state index contributed by atoms with van der Waals surface area (Å²) in [7, 11) is 0. The Bertz CT molecular complexity index is 1290. The van der Waals surface area contributed by atoms with Gasteiger partial charge >= 0.3 is 0 Å². The second kappa shape index (κ2) is 9.34. The van der Waals surface area contributed by atoms with E-state index >= 15 is 0 Å². The van der Waals surface area contributed by atoms with E-state index in [1.54, 1.807) is 18.3 Å². The van der Waals surface area contributed by atoms with Gasteiger partial charge < -0.3 is 10.6 Å². The number of hydrogen-bond acceptors (Lipinski definition) is 3. The Morgan fingerprint density at radius 2 is 1.62 bits per heavy atom. The van der Waals surface area contributed by atoms with Crippen LogP contribution in [0.1, 0.15) is 15.9 Å². The van der Waals surface area contributed by atoms with Crippen molar-refractivity contribution < 1.29 is 18.4 Å². The SMILES string of the molecule is O=C(CNC(=O)c1ccc(-c2cnc3ccccc3c2)cc1)NCc1ccc(F)cc1F. The molecule has 0 atom stereocenters.